The summed E-state index contributed by atoms with van der Waals surface area (Å²) in [5, 5.41) is 8.55. The van der Waals surface area contributed by atoms with E-state index in [-0.39, 0.29) is 18.1 Å². The lowest BCUT2D eigenvalue weighted by Gasteiger charge is -2.08. The third-order valence-electron chi connectivity index (χ3n) is 2.46. The zero-order valence-electron chi connectivity index (χ0n) is 10.3. The molecule has 0 saturated heterocycles. The van der Waals surface area contributed by atoms with Crippen molar-refractivity contribution in [2.24, 2.45) is 5.92 Å². The Morgan fingerprint density at radius 1 is 1.41 bits per heavy atom. The van der Waals surface area contributed by atoms with E-state index in [1.54, 1.807) is 31.2 Å². The van der Waals surface area contributed by atoms with E-state index in [1.807, 2.05) is 13.0 Å². The SMILES string of the molecule is CCCOc1ccc(C(=O)C(C)CC#N)cc1. The molecule has 1 aromatic rings. The molecular formula is C14H17NO2. The number of carbonyl (C=O) groups excluding carboxylic acids is 1. The van der Waals surface area contributed by atoms with Gasteiger partial charge < -0.3 is 4.74 Å². The second-order valence-electron chi connectivity index (χ2n) is 4.00. The van der Waals surface area contributed by atoms with Crippen molar-refractivity contribution in [3.63, 3.8) is 0 Å². The second kappa shape index (κ2) is 6.70. The van der Waals surface area contributed by atoms with Crippen LogP contribution >= 0.6 is 0 Å². The lowest BCUT2D eigenvalue weighted by atomic mass is 9.97. The highest BCUT2D eigenvalue weighted by molar-refractivity contribution is 5.97. The number of benzene rings is 1. The molecule has 90 valence electrons. The Kier molecular flexibility index (Phi) is 5.22. The van der Waals surface area contributed by atoms with E-state index in [2.05, 4.69) is 0 Å². The molecule has 3 nitrogen and oxygen atoms in total. The summed E-state index contributed by atoms with van der Waals surface area (Å²) in [6.45, 7) is 4.49. The third kappa shape index (κ3) is 3.92. The van der Waals surface area contributed by atoms with Gasteiger partial charge in [0.15, 0.2) is 5.78 Å². The topological polar surface area (TPSA) is 50.1 Å². The van der Waals surface area contributed by atoms with Crippen molar-refractivity contribution in [1.29, 1.82) is 5.26 Å². The van der Waals surface area contributed by atoms with Gasteiger partial charge in [-0.25, -0.2) is 0 Å². The lowest BCUT2D eigenvalue weighted by Crippen LogP contribution is -2.10. The van der Waals surface area contributed by atoms with Crippen molar-refractivity contribution in [3.05, 3.63) is 29.8 Å². The molecule has 0 bridgehead atoms. The number of hydrogen-bond acceptors (Lipinski definition) is 3. The van der Waals surface area contributed by atoms with Crippen LogP contribution in [0.2, 0.25) is 0 Å². The van der Waals surface area contributed by atoms with Crippen molar-refractivity contribution in [2.75, 3.05) is 6.61 Å². The van der Waals surface area contributed by atoms with Crippen LogP contribution in [-0.4, -0.2) is 12.4 Å². The molecule has 0 spiro atoms. The van der Waals surface area contributed by atoms with E-state index in [0.717, 1.165) is 12.2 Å². The number of nitriles is 1. The molecule has 0 heterocycles. The highest BCUT2D eigenvalue weighted by Gasteiger charge is 2.14. The van der Waals surface area contributed by atoms with Crippen LogP contribution in [-0.2, 0) is 0 Å². The van der Waals surface area contributed by atoms with Gasteiger partial charge in [0.25, 0.3) is 0 Å². The molecule has 1 atom stereocenters. The van der Waals surface area contributed by atoms with Gasteiger partial charge in [-0.2, -0.15) is 5.26 Å². The van der Waals surface area contributed by atoms with Crippen molar-refractivity contribution in [1.82, 2.24) is 0 Å². The van der Waals surface area contributed by atoms with Crippen LogP contribution in [0, 0.1) is 17.2 Å². The van der Waals surface area contributed by atoms with Gasteiger partial charge in [0.1, 0.15) is 5.75 Å². The van der Waals surface area contributed by atoms with Crippen molar-refractivity contribution >= 4 is 5.78 Å². The molecular weight excluding hydrogens is 214 g/mol. The van der Waals surface area contributed by atoms with Crippen molar-refractivity contribution in [3.8, 4) is 11.8 Å². The van der Waals surface area contributed by atoms with Gasteiger partial charge in [0.2, 0.25) is 0 Å². The molecule has 17 heavy (non-hydrogen) atoms. The zero-order chi connectivity index (χ0) is 12.7. The molecule has 1 rings (SSSR count). The average molecular weight is 231 g/mol. The number of nitrogens with zero attached hydrogens (tertiary/aromatic N) is 1. The number of ketones is 1. The molecule has 0 N–H and O–H groups in total. The standard InChI is InChI=1S/C14H17NO2/c1-3-10-17-13-6-4-12(5-7-13)14(16)11(2)8-9-15/h4-7,11H,3,8,10H2,1-2H3. The monoisotopic (exact) mass is 231 g/mol. The summed E-state index contributed by atoms with van der Waals surface area (Å²) in [6.07, 6.45) is 1.22. The fraction of sp³-hybridized carbons (Fsp3) is 0.429. The first-order valence-corrected chi connectivity index (χ1v) is 5.83. The summed E-state index contributed by atoms with van der Waals surface area (Å²) in [7, 11) is 0. The quantitative estimate of drug-likeness (QED) is 0.706. The van der Waals surface area contributed by atoms with Crippen LogP contribution in [0.4, 0.5) is 0 Å². The molecule has 0 saturated carbocycles. The predicted octanol–water partition coefficient (Wildman–Crippen LogP) is 3.21. The predicted molar refractivity (Wildman–Crippen MR) is 66.0 cm³/mol. The Hall–Kier alpha value is -1.82. The zero-order valence-corrected chi connectivity index (χ0v) is 10.3. The summed E-state index contributed by atoms with van der Waals surface area (Å²) in [5.74, 6) is 0.535. The van der Waals surface area contributed by atoms with Crippen LogP contribution < -0.4 is 4.74 Å². The molecule has 3 heteroatoms. The molecule has 0 radical (unpaired) electrons. The minimum atomic E-state index is -0.248. The molecule has 0 amide bonds. The summed E-state index contributed by atoms with van der Waals surface area (Å²) in [4.78, 5) is 11.9. The first-order valence-electron chi connectivity index (χ1n) is 5.83. The summed E-state index contributed by atoms with van der Waals surface area (Å²) in [6, 6.07) is 9.10. The van der Waals surface area contributed by atoms with Gasteiger partial charge >= 0.3 is 0 Å². The number of rotatable bonds is 6. The molecule has 1 aromatic carbocycles. The Morgan fingerprint density at radius 2 is 2.06 bits per heavy atom. The number of Topliss-reactive ketones (excluding diaryl/α,β-unsaturated/α-hetero) is 1. The van der Waals surface area contributed by atoms with Crippen molar-refractivity contribution < 1.29 is 9.53 Å². The van der Waals surface area contributed by atoms with Crippen LogP contribution in [0.5, 0.6) is 5.75 Å². The fourth-order valence-electron chi connectivity index (χ4n) is 1.45. The molecule has 0 aromatic heterocycles. The number of hydrogen-bond donors (Lipinski definition) is 0. The first kappa shape index (κ1) is 13.2. The molecule has 0 aliphatic heterocycles. The molecule has 0 aliphatic carbocycles. The lowest BCUT2D eigenvalue weighted by molar-refractivity contribution is 0.0932. The van der Waals surface area contributed by atoms with Gasteiger partial charge in [0.05, 0.1) is 12.7 Å². The van der Waals surface area contributed by atoms with E-state index in [4.69, 9.17) is 10.00 Å². The maximum atomic E-state index is 11.9. The summed E-state index contributed by atoms with van der Waals surface area (Å²) < 4.78 is 5.43. The van der Waals surface area contributed by atoms with Crippen LogP contribution in [0.3, 0.4) is 0 Å². The Bertz CT molecular complexity index is 403. The smallest absolute Gasteiger partial charge is 0.166 e. The van der Waals surface area contributed by atoms with Crippen LogP contribution in [0.1, 0.15) is 37.0 Å². The van der Waals surface area contributed by atoms with Gasteiger partial charge in [-0.1, -0.05) is 13.8 Å². The van der Waals surface area contributed by atoms with Crippen molar-refractivity contribution in [2.45, 2.75) is 26.7 Å². The molecule has 0 aliphatic rings. The second-order valence-corrected chi connectivity index (χ2v) is 4.00. The Labute approximate surface area is 102 Å². The van der Waals surface area contributed by atoms with Gasteiger partial charge in [0, 0.05) is 17.9 Å². The number of ether oxygens (including phenoxy) is 1. The van der Waals surface area contributed by atoms with E-state index >= 15 is 0 Å². The minimum absolute atomic E-state index is 0.00796. The largest absolute Gasteiger partial charge is 0.494 e. The highest BCUT2D eigenvalue weighted by atomic mass is 16.5. The third-order valence-corrected chi connectivity index (χ3v) is 2.46. The Balaban J connectivity index is 2.67. The highest BCUT2D eigenvalue weighted by Crippen LogP contribution is 2.16. The maximum Gasteiger partial charge on any atom is 0.166 e. The molecule has 0 fully saturated rings. The van der Waals surface area contributed by atoms with Gasteiger partial charge in [-0.05, 0) is 30.7 Å². The Morgan fingerprint density at radius 3 is 2.59 bits per heavy atom. The molecule has 1 unspecified atom stereocenters. The van der Waals surface area contributed by atoms with E-state index in [1.165, 1.54) is 0 Å². The maximum absolute atomic E-state index is 11.9. The van der Waals surface area contributed by atoms with E-state index < -0.39 is 0 Å². The van der Waals surface area contributed by atoms with Gasteiger partial charge in [-0.15, -0.1) is 0 Å². The van der Waals surface area contributed by atoms with Crippen LogP contribution in [0.25, 0.3) is 0 Å². The first-order chi connectivity index (χ1) is 8.19. The fourth-order valence-corrected chi connectivity index (χ4v) is 1.45. The summed E-state index contributed by atoms with van der Waals surface area (Å²) >= 11 is 0. The normalized spacial score (nSPS) is 11.6. The van der Waals surface area contributed by atoms with E-state index in [0.29, 0.717) is 12.2 Å². The average Bonchev–Trinajstić information content (AvgIpc) is 2.36. The minimum Gasteiger partial charge on any atom is -0.494 e. The van der Waals surface area contributed by atoms with Gasteiger partial charge in [-0.3, -0.25) is 4.79 Å². The van der Waals surface area contributed by atoms with Crippen LogP contribution in [0.15, 0.2) is 24.3 Å². The number of carbonyl (C=O) groups is 1. The summed E-state index contributed by atoms with van der Waals surface area (Å²) in [5.41, 5.74) is 0.636. The van der Waals surface area contributed by atoms with E-state index in [9.17, 15) is 4.79 Å².